The van der Waals surface area contributed by atoms with Crippen LogP contribution in [0.2, 0.25) is 0 Å². The minimum Gasteiger partial charge on any atom is -0.330 e. The lowest BCUT2D eigenvalue weighted by Gasteiger charge is -2.06. The molecule has 1 aromatic heterocycles. The van der Waals surface area contributed by atoms with E-state index in [1.54, 1.807) is 12.3 Å². The molecule has 12 heavy (non-hydrogen) atoms. The molecular weight excluding hydrogens is 155 g/mol. The van der Waals surface area contributed by atoms with E-state index in [2.05, 4.69) is 11.9 Å². The molecule has 0 bridgehead atoms. The molecule has 1 atom stereocenters. The van der Waals surface area contributed by atoms with Gasteiger partial charge in [0, 0.05) is 6.20 Å². The van der Waals surface area contributed by atoms with Gasteiger partial charge in [0.2, 0.25) is 5.95 Å². The third-order valence-corrected chi connectivity index (χ3v) is 1.78. The summed E-state index contributed by atoms with van der Waals surface area (Å²) in [6.45, 7) is 2.71. The molecule has 2 nitrogen and oxygen atoms in total. The maximum Gasteiger partial charge on any atom is 0.212 e. The number of nitrogens with two attached hydrogens (primary N) is 1. The Bertz CT molecular complexity index is 233. The second kappa shape index (κ2) is 4.16. The molecule has 0 aliphatic rings. The van der Waals surface area contributed by atoms with Crippen molar-refractivity contribution < 1.29 is 4.39 Å². The minimum absolute atomic E-state index is 0.428. The van der Waals surface area contributed by atoms with Crippen molar-refractivity contribution in [2.24, 2.45) is 11.7 Å². The van der Waals surface area contributed by atoms with E-state index in [9.17, 15) is 4.39 Å². The summed E-state index contributed by atoms with van der Waals surface area (Å²) in [5.74, 6) is -0.00332. The van der Waals surface area contributed by atoms with Crippen LogP contribution < -0.4 is 5.73 Å². The van der Waals surface area contributed by atoms with Gasteiger partial charge in [0.25, 0.3) is 0 Å². The number of rotatable bonds is 3. The molecule has 2 N–H and O–H groups in total. The van der Waals surface area contributed by atoms with Gasteiger partial charge in [-0.15, -0.1) is 0 Å². The zero-order chi connectivity index (χ0) is 8.97. The molecule has 0 fully saturated rings. The predicted molar refractivity (Wildman–Crippen MR) is 46.1 cm³/mol. The highest BCUT2D eigenvalue weighted by atomic mass is 19.1. The monoisotopic (exact) mass is 168 g/mol. The summed E-state index contributed by atoms with van der Waals surface area (Å²) in [5.41, 5.74) is 6.49. The van der Waals surface area contributed by atoms with E-state index in [1.807, 2.05) is 0 Å². The maximum absolute atomic E-state index is 12.4. The number of nitrogens with zero attached hydrogens (tertiary/aromatic N) is 1. The van der Waals surface area contributed by atoms with E-state index in [1.165, 1.54) is 6.07 Å². The number of hydrogen-bond donors (Lipinski definition) is 1. The molecule has 0 aromatic carbocycles. The molecule has 0 radical (unpaired) electrons. The first-order valence-corrected chi connectivity index (χ1v) is 4.03. The van der Waals surface area contributed by atoms with Gasteiger partial charge in [-0.05, 0) is 30.5 Å². The summed E-state index contributed by atoms with van der Waals surface area (Å²) < 4.78 is 12.4. The minimum atomic E-state index is -0.431. The van der Waals surface area contributed by atoms with Crippen LogP contribution >= 0.6 is 0 Å². The van der Waals surface area contributed by atoms with E-state index in [0.717, 1.165) is 12.0 Å². The second-order valence-electron chi connectivity index (χ2n) is 3.03. The topological polar surface area (TPSA) is 38.9 Å². The average Bonchev–Trinajstić information content (AvgIpc) is 2.09. The highest BCUT2D eigenvalue weighted by Gasteiger charge is 2.01. The summed E-state index contributed by atoms with van der Waals surface area (Å²) in [5, 5.41) is 0. The SMILES string of the molecule is CC(CN)Cc1ccc(F)nc1. The molecule has 3 heteroatoms. The van der Waals surface area contributed by atoms with Crippen molar-refractivity contribution in [3.05, 3.63) is 29.8 Å². The molecule has 1 aromatic rings. The molecule has 0 spiro atoms. The molecule has 0 saturated heterocycles. The Kier molecular flexibility index (Phi) is 3.17. The third kappa shape index (κ3) is 2.58. The molecule has 1 rings (SSSR count). The van der Waals surface area contributed by atoms with Crippen molar-refractivity contribution >= 4 is 0 Å². The Morgan fingerprint density at radius 2 is 2.33 bits per heavy atom. The summed E-state index contributed by atoms with van der Waals surface area (Å²) >= 11 is 0. The van der Waals surface area contributed by atoms with Crippen molar-refractivity contribution in [1.82, 2.24) is 4.98 Å². The quantitative estimate of drug-likeness (QED) is 0.692. The number of pyridine rings is 1. The van der Waals surface area contributed by atoms with Gasteiger partial charge in [0.1, 0.15) is 0 Å². The predicted octanol–water partition coefficient (Wildman–Crippen LogP) is 1.36. The first-order chi connectivity index (χ1) is 5.72. The van der Waals surface area contributed by atoms with Gasteiger partial charge in [0.05, 0.1) is 0 Å². The van der Waals surface area contributed by atoms with Crippen LogP contribution in [0.25, 0.3) is 0 Å². The smallest absolute Gasteiger partial charge is 0.212 e. The van der Waals surface area contributed by atoms with Gasteiger partial charge in [-0.2, -0.15) is 4.39 Å². The lowest BCUT2D eigenvalue weighted by Crippen LogP contribution is -2.13. The van der Waals surface area contributed by atoms with E-state index in [4.69, 9.17) is 5.73 Å². The van der Waals surface area contributed by atoms with Gasteiger partial charge < -0.3 is 5.73 Å². The molecular formula is C9H13FN2. The van der Waals surface area contributed by atoms with Crippen LogP contribution in [0.5, 0.6) is 0 Å². The Hall–Kier alpha value is -0.960. The zero-order valence-electron chi connectivity index (χ0n) is 7.13. The van der Waals surface area contributed by atoms with Crippen LogP contribution in [0.15, 0.2) is 18.3 Å². The molecule has 0 saturated carbocycles. The molecule has 1 heterocycles. The first kappa shape index (κ1) is 9.13. The lowest BCUT2D eigenvalue weighted by molar-refractivity contribution is 0.570. The molecule has 0 amide bonds. The zero-order valence-corrected chi connectivity index (χ0v) is 7.13. The second-order valence-corrected chi connectivity index (χ2v) is 3.03. The van der Waals surface area contributed by atoms with E-state index < -0.39 is 5.95 Å². The van der Waals surface area contributed by atoms with Gasteiger partial charge in [-0.3, -0.25) is 0 Å². The lowest BCUT2D eigenvalue weighted by atomic mass is 10.0. The van der Waals surface area contributed by atoms with Crippen LogP contribution in [0.4, 0.5) is 4.39 Å². The van der Waals surface area contributed by atoms with Crippen molar-refractivity contribution in [3.63, 3.8) is 0 Å². The fourth-order valence-electron chi connectivity index (χ4n) is 1.01. The molecule has 0 aliphatic heterocycles. The Labute approximate surface area is 71.6 Å². The van der Waals surface area contributed by atoms with Crippen molar-refractivity contribution in [2.75, 3.05) is 6.54 Å². The van der Waals surface area contributed by atoms with E-state index >= 15 is 0 Å². The summed E-state index contributed by atoms with van der Waals surface area (Å²) in [6, 6.07) is 3.12. The normalized spacial score (nSPS) is 12.9. The first-order valence-electron chi connectivity index (χ1n) is 4.03. The Balaban J connectivity index is 2.58. The number of hydrogen-bond acceptors (Lipinski definition) is 2. The van der Waals surface area contributed by atoms with Crippen LogP contribution in [0.1, 0.15) is 12.5 Å². The maximum atomic E-state index is 12.4. The fourth-order valence-corrected chi connectivity index (χ4v) is 1.01. The number of aromatic nitrogens is 1. The van der Waals surface area contributed by atoms with E-state index in [0.29, 0.717) is 12.5 Å². The molecule has 66 valence electrons. The summed E-state index contributed by atoms with van der Waals surface area (Å²) in [6.07, 6.45) is 2.42. The van der Waals surface area contributed by atoms with Crippen LogP contribution in [-0.2, 0) is 6.42 Å². The highest BCUT2D eigenvalue weighted by Crippen LogP contribution is 2.06. The van der Waals surface area contributed by atoms with Gasteiger partial charge >= 0.3 is 0 Å². The van der Waals surface area contributed by atoms with Gasteiger partial charge in [0.15, 0.2) is 0 Å². The van der Waals surface area contributed by atoms with Crippen LogP contribution in [-0.4, -0.2) is 11.5 Å². The Morgan fingerprint density at radius 3 is 2.83 bits per heavy atom. The third-order valence-electron chi connectivity index (χ3n) is 1.78. The van der Waals surface area contributed by atoms with E-state index in [-0.39, 0.29) is 0 Å². The average molecular weight is 168 g/mol. The van der Waals surface area contributed by atoms with Crippen LogP contribution in [0, 0.1) is 11.9 Å². The Morgan fingerprint density at radius 1 is 1.58 bits per heavy atom. The summed E-state index contributed by atoms with van der Waals surface area (Å²) in [7, 11) is 0. The fraction of sp³-hybridized carbons (Fsp3) is 0.444. The molecule has 0 aliphatic carbocycles. The van der Waals surface area contributed by atoms with Gasteiger partial charge in [-0.25, -0.2) is 4.98 Å². The van der Waals surface area contributed by atoms with Crippen molar-refractivity contribution in [2.45, 2.75) is 13.3 Å². The van der Waals surface area contributed by atoms with Crippen molar-refractivity contribution in [1.29, 1.82) is 0 Å². The highest BCUT2D eigenvalue weighted by molar-refractivity contribution is 5.09. The van der Waals surface area contributed by atoms with Crippen LogP contribution in [0.3, 0.4) is 0 Å². The number of halogens is 1. The van der Waals surface area contributed by atoms with Gasteiger partial charge in [-0.1, -0.05) is 13.0 Å². The summed E-state index contributed by atoms with van der Waals surface area (Å²) in [4.78, 5) is 3.56. The largest absolute Gasteiger partial charge is 0.330 e. The standard InChI is InChI=1S/C9H13FN2/c1-7(5-11)4-8-2-3-9(10)12-6-8/h2-3,6-7H,4-5,11H2,1H3. The van der Waals surface area contributed by atoms with Crippen molar-refractivity contribution in [3.8, 4) is 0 Å². The molecule has 1 unspecified atom stereocenters.